The first kappa shape index (κ1) is 21.4. The Labute approximate surface area is 192 Å². The Bertz CT molecular complexity index is 1290. The zero-order chi connectivity index (χ0) is 23.0. The van der Waals surface area contributed by atoms with Crippen LogP contribution in [-0.4, -0.2) is 11.1 Å². The van der Waals surface area contributed by atoms with E-state index in [1.54, 1.807) is 18.2 Å². The molecule has 1 heterocycles. The smallest absolute Gasteiger partial charge is 0.333 e. The summed E-state index contributed by atoms with van der Waals surface area (Å²) in [6, 6.07) is 31.9. The summed E-state index contributed by atoms with van der Waals surface area (Å²) in [7, 11) is 0. The number of hydrogen-bond acceptors (Lipinski definition) is 3. The second-order valence-electron chi connectivity index (χ2n) is 7.12. The summed E-state index contributed by atoms with van der Waals surface area (Å²) in [5, 5.41) is 8.96. The molecule has 0 aliphatic heterocycles. The Hall–Kier alpha value is -4.82. The predicted molar refractivity (Wildman–Crippen MR) is 131 cm³/mol. The fourth-order valence-corrected chi connectivity index (χ4v) is 3.33. The third-order valence-corrected chi connectivity index (χ3v) is 4.89. The second-order valence-corrected chi connectivity index (χ2v) is 7.12. The Balaban J connectivity index is 1.55. The van der Waals surface area contributed by atoms with Crippen molar-refractivity contribution in [2.45, 2.75) is 0 Å². The molecule has 0 radical (unpaired) electrons. The Morgan fingerprint density at radius 2 is 1.30 bits per heavy atom. The molecule has 0 amide bonds. The molecule has 3 aromatic carbocycles. The average molecular weight is 432 g/mol. The van der Waals surface area contributed by atoms with E-state index in [4.69, 9.17) is 16.1 Å². The SMILES string of the molecule is [C-]#[N+]C(=Cc1ccc(C=Cc2ccc(N(c3ccccc3)c3ccccc3)cc2)o1)C(=O)O. The zero-order valence-corrected chi connectivity index (χ0v) is 17.6. The first-order valence-corrected chi connectivity index (χ1v) is 10.2. The minimum Gasteiger partial charge on any atom is -0.486 e. The molecule has 0 fully saturated rings. The van der Waals surface area contributed by atoms with E-state index in [9.17, 15) is 4.79 Å². The van der Waals surface area contributed by atoms with Gasteiger partial charge in [0.05, 0.1) is 6.57 Å². The number of anilines is 3. The molecule has 160 valence electrons. The number of furan rings is 1. The van der Waals surface area contributed by atoms with Crippen LogP contribution in [-0.2, 0) is 4.79 Å². The highest BCUT2D eigenvalue weighted by atomic mass is 16.4. The van der Waals surface area contributed by atoms with Gasteiger partial charge in [0.25, 0.3) is 5.70 Å². The van der Waals surface area contributed by atoms with Crippen molar-refractivity contribution in [2.75, 3.05) is 4.90 Å². The molecular formula is C28H20N2O3. The fraction of sp³-hybridized carbons (Fsp3) is 0. The van der Waals surface area contributed by atoms with Crippen molar-refractivity contribution in [3.8, 4) is 0 Å². The molecular weight excluding hydrogens is 412 g/mol. The van der Waals surface area contributed by atoms with Gasteiger partial charge < -0.3 is 14.4 Å². The number of carboxylic acids is 1. The molecule has 33 heavy (non-hydrogen) atoms. The highest BCUT2D eigenvalue weighted by molar-refractivity contribution is 5.93. The summed E-state index contributed by atoms with van der Waals surface area (Å²) in [5.41, 5.74) is 3.78. The van der Waals surface area contributed by atoms with Crippen molar-refractivity contribution in [3.05, 3.63) is 131 Å². The van der Waals surface area contributed by atoms with Gasteiger partial charge in [0.15, 0.2) is 0 Å². The lowest BCUT2D eigenvalue weighted by Gasteiger charge is -2.25. The number of hydrogen-bond donors (Lipinski definition) is 1. The molecule has 4 rings (SSSR count). The number of para-hydroxylation sites is 2. The first-order valence-electron chi connectivity index (χ1n) is 10.2. The molecule has 0 saturated heterocycles. The lowest BCUT2D eigenvalue weighted by Crippen LogP contribution is -2.09. The Morgan fingerprint density at radius 1 is 0.758 bits per heavy atom. The van der Waals surface area contributed by atoms with Gasteiger partial charge in [-0.3, -0.25) is 4.79 Å². The molecule has 0 bridgehead atoms. The lowest BCUT2D eigenvalue weighted by atomic mass is 10.1. The Morgan fingerprint density at radius 3 is 1.85 bits per heavy atom. The number of rotatable bonds is 7. The maximum atomic E-state index is 11.0. The average Bonchev–Trinajstić information content (AvgIpc) is 3.31. The van der Waals surface area contributed by atoms with E-state index in [0.29, 0.717) is 11.5 Å². The molecule has 0 aliphatic rings. The van der Waals surface area contributed by atoms with Crippen LogP contribution in [0.1, 0.15) is 17.1 Å². The van der Waals surface area contributed by atoms with Crippen LogP contribution in [0.4, 0.5) is 17.1 Å². The molecule has 0 atom stereocenters. The van der Waals surface area contributed by atoms with Gasteiger partial charge in [0.1, 0.15) is 11.5 Å². The summed E-state index contributed by atoms with van der Waals surface area (Å²) >= 11 is 0. The van der Waals surface area contributed by atoms with Gasteiger partial charge in [-0.1, -0.05) is 54.6 Å². The minimum atomic E-state index is -1.28. The predicted octanol–water partition coefficient (Wildman–Crippen LogP) is 7.26. The maximum absolute atomic E-state index is 11.0. The Kier molecular flexibility index (Phi) is 6.48. The molecule has 5 nitrogen and oxygen atoms in total. The van der Waals surface area contributed by atoms with Gasteiger partial charge in [0, 0.05) is 17.1 Å². The van der Waals surface area contributed by atoms with Gasteiger partial charge >= 0.3 is 5.97 Å². The quantitative estimate of drug-likeness (QED) is 0.247. The van der Waals surface area contributed by atoms with Crippen molar-refractivity contribution in [3.63, 3.8) is 0 Å². The number of benzene rings is 3. The van der Waals surface area contributed by atoms with Crippen LogP contribution < -0.4 is 4.90 Å². The van der Waals surface area contributed by atoms with Crippen molar-refractivity contribution < 1.29 is 14.3 Å². The van der Waals surface area contributed by atoms with Crippen LogP contribution in [0.25, 0.3) is 23.1 Å². The van der Waals surface area contributed by atoms with Crippen molar-refractivity contribution >= 4 is 41.3 Å². The number of carbonyl (C=O) groups is 1. The van der Waals surface area contributed by atoms with E-state index in [1.165, 1.54) is 6.08 Å². The van der Waals surface area contributed by atoms with Crippen LogP contribution in [0.15, 0.2) is 107 Å². The molecule has 4 aromatic rings. The maximum Gasteiger partial charge on any atom is 0.333 e. The van der Waals surface area contributed by atoms with E-state index in [1.807, 2.05) is 54.6 Å². The van der Waals surface area contributed by atoms with Gasteiger partial charge in [-0.25, -0.2) is 4.85 Å². The van der Waals surface area contributed by atoms with Gasteiger partial charge in [-0.15, -0.1) is 0 Å². The molecule has 0 spiro atoms. The topological polar surface area (TPSA) is 58.0 Å². The molecule has 5 heteroatoms. The third-order valence-electron chi connectivity index (χ3n) is 4.89. The summed E-state index contributed by atoms with van der Waals surface area (Å²) < 4.78 is 5.59. The fourth-order valence-electron chi connectivity index (χ4n) is 3.33. The monoisotopic (exact) mass is 432 g/mol. The molecule has 0 aliphatic carbocycles. The molecule has 0 unspecified atom stereocenters. The molecule has 1 aromatic heterocycles. The first-order chi connectivity index (χ1) is 16.1. The van der Waals surface area contributed by atoms with E-state index < -0.39 is 11.7 Å². The summed E-state index contributed by atoms with van der Waals surface area (Å²) in [4.78, 5) is 16.1. The number of carboxylic acid groups (broad SMARTS) is 1. The van der Waals surface area contributed by atoms with Gasteiger partial charge in [-0.05, 0) is 66.2 Å². The van der Waals surface area contributed by atoms with E-state index in [-0.39, 0.29) is 0 Å². The van der Waals surface area contributed by atoms with Crippen LogP contribution >= 0.6 is 0 Å². The summed E-state index contributed by atoms with van der Waals surface area (Å²) in [5.74, 6) is -0.395. The highest BCUT2D eigenvalue weighted by Gasteiger charge is 2.11. The molecule has 1 N–H and O–H groups in total. The zero-order valence-electron chi connectivity index (χ0n) is 17.6. The summed E-state index contributed by atoms with van der Waals surface area (Å²) in [6.07, 6.45) is 4.93. The number of nitrogens with zero attached hydrogens (tertiary/aromatic N) is 2. The van der Waals surface area contributed by atoms with E-state index >= 15 is 0 Å². The molecule has 0 saturated carbocycles. The standard InChI is InChI=1S/C28H20N2O3/c1-29-27(28(31)32)20-26-19-18-25(33-26)17-14-21-12-15-24(16-13-21)30(22-8-4-2-5-9-22)23-10-6-3-7-11-23/h2-20H,(H,31,32). The van der Waals surface area contributed by atoms with Gasteiger partial charge in [0.2, 0.25) is 0 Å². The second kappa shape index (κ2) is 9.99. The minimum absolute atomic E-state index is 0.319. The normalized spacial score (nSPS) is 11.3. The van der Waals surface area contributed by atoms with Crippen molar-refractivity contribution in [2.24, 2.45) is 0 Å². The van der Waals surface area contributed by atoms with Crippen LogP contribution in [0.2, 0.25) is 0 Å². The van der Waals surface area contributed by atoms with Crippen molar-refractivity contribution in [1.82, 2.24) is 0 Å². The van der Waals surface area contributed by atoms with Gasteiger partial charge in [-0.2, -0.15) is 0 Å². The summed E-state index contributed by atoms with van der Waals surface area (Å²) in [6.45, 7) is 6.91. The van der Waals surface area contributed by atoms with Crippen molar-refractivity contribution in [1.29, 1.82) is 0 Å². The van der Waals surface area contributed by atoms with E-state index in [0.717, 1.165) is 22.6 Å². The van der Waals surface area contributed by atoms with Crippen LogP contribution in [0.5, 0.6) is 0 Å². The number of aliphatic carboxylic acids is 1. The third kappa shape index (κ3) is 5.27. The van der Waals surface area contributed by atoms with Crippen LogP contribution in [0.3, 0.4) is 0 Å². The van der Waals surface area contributed by atoms with E-state index in [2.05, 4.69) is 46.1 Å². The van der Waals surface area contributed by atoms with Crippen LogP contribution in [0, 0.1) is 6.57 Å². The highest BCUT2D eigenvalue weighted by Crippen LogP contribution is 2.34. The largest absolute Gasteiger partial charge is 0.486 e. The lowest BCUT2D eigenvalue weighted by molar-refractivity contribution is -0.132.